The highest BCUT2D eigenvalue weighted by Crippen LogP contribution is 2.43. The summed E-state index contributed by atoms with van der Waals surface area (Å²) in [5.74, 6) is -0.926. The Morgan fingerprint density at radius 2 is 1.49 bits per heavy atom. The molecule has 4 heterocycles. The Morgan fingerprint density at radius 1 is 0.882 bits per heavy atom. The Bertz CT molecular complexity index is 3010. The Hall–Kier alpha value is -7.13. The third-order valence-corrected chi connectivity index (χ3v) is 15.2. The summed E-state index contributed by atoms with van der Waals surface area (Å²) in [6.45, 7) is 10.7. The summed E-state index contributed by atoms with van der Waals surface area (Å²) in [7, 11) is 1.56. The lowest BCUT2D eigenvalue weighted by Crippen LogP contribution is -3.00. The van der Waals surface area contributed by atoms with Crippen LogP contribution in [-0.2, 0) is 52.2 Å². The number of fused-ring (bicyclic) bond motifs is 1. The van der Waals surface area contributed by atoms with Gasteiger partial charge in [-0.1, -0.05) is 120 Å². The number of oxime groups is 1. The molecule has 21 heteroatoms. The Balaban J connectivity index is 0.00000840. The lowest BCUT2D eigenvalue weighted by molar-refractivity contribution is -0.723. The van der Waals surface area contributed by atoms with Gasteiger partial charge in [0.05, 0.1) is 19.7 Å². The molecule has 2 unspecified atom stereocenters. The van der Waals surface area contributed by atoms with E-state index in [4.69, 9.17) is 35.5 Å². The van der Waals surface area contributed by atoms with Crippen LogP contribution in [0.3, 0.4) is 0 Å². The molecule has 6 N–H and O–H groups in total. The van der Waals surface area contributed by atoms with E-state index < -0.39 is 51.9 Å². The van der Waals surface area contributed by atoms with Crippen molar-refractivity contribution in [2.24, 2.45) is 5.16 Å². The van der Waals surface area contributed by atoms with Crippen LogP contribution in [0, 0.1) is 0 Å². The maximum Gasteiger partial charge on any atom is 0.355 e. The molecule has 1 fully saturated rings. The molecule has 2 aromatic heterocycles. The van der Waals surface area contributed by atoms with Gasteiger partial charge in [-0.3, -0.25) is 14.5 Å². The van der Waals surface area contributed by atoms with E-state index in [1.54, 1.807) is 63.6 Å². The SMILES string of the molecule is CCC[n+]1c(N)cc(N)nc1SCC1=C(C(=O)OCc2ccc(OC)cc2)N2C(=O)C(NC(=O)/C(=N\OC(C)(C)C(=O)OC(C)(C)C)c3csc(NC(c4ccccc4)(c4ccccc4)c4ccccc4)n3)C2SC1.[Cl-]. The number of aromatic nitrogens is 3. The van der Waals surface area contributed by atoms with Gasteiger partial charge in [-0.2, -0.15) is 0 Å². The fourth-order valence-electron chi connectivity index (χ4n) is 8.37. The summed E-state index contributed by atoms with van der Waals surface area (Å²) in [4.78, 5) is 73.8. The number of nitrogens with one attached hydrogen (secondary N) is 2. The fraction of sp³-hybridized carbons (Fsp3) is 0.309. The number of hydrogen-bond acceptors (Lipinski definition) is 17. The average molecular weight is 1110 g/mol. The molecule has 2 aliphatic rings. The molecule has 0 radical (unpaired) electrons. The Kier molecular flexibility index (Phi) is 18.1. The van der Waals surface area contributed by atoms with Crippen molar-refractivity contribution >= 4 is 81.1 Å². The third-order valence-electron chi connectivity index (χ3n) is 12.1. The van der Waals surface area contributed by atoms with E-state index >= 15 is 0 Å². The summed E-state index contributed by atoms with van der Waals surface area (Å²) < 4.78 is 18.7. The summed E-state index contributed by atoms with van der Waals surface area (Å²) >= 11 is 3.94. The van der Waals surface area contributed by atoms with Crippen LogP contribution in [0.5, 0.6) is 5.75 Å². The van der Waals surface area contributed by atoms with E-state index in [0.717, 1.165) is 23.1 Å². The maximum atomic E-state index is 14.8. The number of esters is 2. The van der Waals surface area contributed by atoms with Crippen LogP contribution in [0.25, 0.3) is 0 Å². The zero-order valence-electron chi connectivity index (χ0n) is 43.1. The number of anilines is 3. The average Bonchev–Trinajstić information content (AvgIpc) is 3.91. The van der Waals surface area contributed by atoms with Gasteiger partial charge in [0, 0.05) is 16.9 Å². The predicted octanol–water partition coefficient (Wildman–Crippen LogP) is 4.85. The number of β-lactam (4-membered cyclic amide) rings is 1. The van der Waals surface area contributed by atoms with Crippen molar-refractivity contribution in [3.8, 4) is 5.75 Å². The van der Waals surface area contributed by atoms with Crippen LogP contribution >= 0.6 is 34.9 Å². The van der Waals surface area contributed by atoms with Crippen LogP contribution in [0.4, 0.5) is 16.8 Å². The van der Waals surface area contributed by atoms with Crippen molar-refractivity contribution in [1.82, 2.24) is 20.2 Å². The van der Waals surface area contributed by atoms with Crippen LogP contribution in [-0.4, -0.2) is 85.6 Å². The van der Waals surface area contributed by atoms with E-state index in [-0.39, 0.29) is 47.7 Å². The smallest absolute Gasteiger partial charge is 0.355 e. The number of methoxy groups -OCH3 is 1. The molecule has 76 heavy (non-hydrogen) atoms. The minimum atomic E-state index is -1.66. The number of ether oxygens (including phenoxy) is 3. The van der Waals surface area contributed by atoms with E-state index in [1.807, 2.05) is 102 Å². The number of rotatable bonds is 20. The molecular formula is C55H60ClN9O8S3. The second-order valence-corrected chi connectivity index (χ2v) is 22.0. The molecule has 1 saturated heterocycles. The first-order valence-electron chi connectivity index (χ1n) is 24.2. The van der Waals surface area contributed by atoms with Gasteiger partial charge < -0.3 is 53.6 Å². The van der Waals surface area contributed by atoms with Gasteiger partial charge in [0.2, 0.25) is 17.2 Å². The lowest BCUT2D eigenvalue weighted by Gasteiger charge is -2.49. The largest absolute Gasteiger partial charge is 1.00 e. The van der Waals surface area contributed by atoms with Gasteiger partial charge in [0.1, 0.15) is 46.3 Å². The van der Waals surface area contributed by atoms with E-state index in [1.165, 1.54) is 53.6 Å². The van der Waals surface area contributed by atoms with E-state index in [9.17, 15) is 19.2 Å². The quantitative estimate of drug-likeness (QED) is 0.0117. The van der Waals surface area contributed by atoms with Crippen molar-refractivity contribution in [2.75, 3.05) is 35.4 Å². The number of hydrogen-bond donors (Lipinski definition) is 4. The van der Waals surface area contributed by atoms with Gasteiger partial charge >= 0.3 is 17.1 Å². The number of nitrogens with two attached hydrogens (primary N) is 2. The summed E-state index contributed by atoms with van der Waals surface area (Å²) in [5.41, 5.74) is 13.0. The minimum Gasteiger partial charge on any atom is -1.00 e. The first-order valence-corrected chi connectivity index (χ1v) is 27.1. The summed E-state index contributed by atoms with van der Waals surface area (Å²) in [5, 5.41) is 12.8. The van der Waals surface area contributed by atoms with Crippen LogP contribution < -0.4 is 43.8 Å². The fourth-order valence-corrected chi connectivity index (χ4v) is 11.7. The molecule has 0 saturated carbocycles. The topological polar surface area (TPSA) is 227 Å². The highest BCUT2D eigenvalue weighted by atomic mass is 35.5. The van der Waals surface area contributed by atoms with Crippen molar-refractivity contribution in [2.45, 2.75) is 94.4 Å². The number of thiazole rings is 1. The molecule has 0 aliphatic carbocycles. The number of nitrogens with zero attached hydrogens (tertiary/aromatic N) is 5. The molecule has 8 rings (SSSR count). The number of amides is 2. The molecule has 2 atom stereocenters. The molecule has 0 spiro atoms. The molecule has 17 nitrogen and oxygen atoms in total. The molecule has 6 aromatic rings. The number of nitrogen functional groups attached to an aromatic ring is 2. The Labute approximate surface area is 460 Å². The van der Waals surface area contributed by atoms with Gasteiger partial charge in [-0.15, -0.1) is 23.1 Å². The molecular weight excluding hydrogens is 1050 g/mol. The van der Waals surface area contributed by atoms with Gasteiger partial charge in [0.25, 0.3) is 11.8 Å². The first-order chi connectivity index (χ1) is 35.9. The first kappa shape index (κ1) is 56.6. The number of halogens is 1. The van der Waals surface area contributed by atoms with Crippen LogP contribution in [0.15, 0.2) is 148 Å². The Morgan fingerprint density at radius 3 is 2.05 bits per heavy atom. The third kappa shape index (κ3) is 12.6. The van der Waals surface area contributed by atoms with Crippen molar-refractivity contribution in [1.29, 1.82) is 0 Å². The lowest BCUT2D eigenvalue weighted by atomic mass is 9.77. The second-order valence-electron chi connectivity index (χ2n) is 19.1. The number of carbonyl (C=O) groups is 4. The number of thioether (sulfide) groups is 2. The standard InChI is InChI=1S/C55H59N9O8S3.ClH/c1-8-28-63-42(57)29-41(56)59-52(63)75-32-35-31-73-48-44(47(66)64(48)45(35)49(67)70-30-34-24-26-39(69-7)27-25-34)60-46(65)43(62-72-54(5,6)50(68)71-53(2,3)4)40-33-74-51(58-40)61-55(36-18-12-9-13-19-36,37-20-14-10-15-21-37)38-22-16-11-17-23-38;/h9-27,29,33,44,48H,8,28,30-32H2,1-7H3,(H5,56,57,58,60,61,65);1H/b62-43-;. The molecule has 0 bridgehead atoms. The van der Waals surface area contributed by atoms with Crippen molar-refractivity contribution < 1.29 is 55.2 Å². The number of benzene rings is 4. The normalized spacial score (nSPS) is 15.6. The highest BCUT2D eigenvalue weighted by molar-refractivity contribution is 8.01. The van der Waals surface area contributed by atoms with E-state index in [0.29, 0.717) is 45.3 Å². The molecule has 2 amide bonds. The van der Waals surface area contributed by atoms with Gasteiger partial charge in [-0.05, 0) is 92.8 Å². The highest BCUT2D eigenvalue weighted by Gasteiger charge is 2.55. The zero-order chi connectivity index (χ0) is 53.5. The maximum absolute atomic E-state index is 14.8. The van der Waals surface area contributed by atoms with Gasteiger partial charge in [-0.25, -0.2) is 19.1 Å². The predicted molar refractivity (Wildman–Crippen MR) is 292 cm³/mol. The summed E-state index contributed by atoms with van der Waals surface area (Å²) in [6, 6.07) is 37.5. The minimum absolute atomic E-state index is 0. The monoisotopic (exact) mass is 1110 g/mol. The van der Waals surface area contributed by atoms with E-state index in [2.05, 4.69) is 20.8 Å². The molecule has 2 aliphatic heterocycles. The van der Waals surface area contributed by atoms with Crippen LogP contribution in [0.2, 0.25) is 0 Å². The van der Waals surface area contributed by atoms with Crippen LogP contribution in [0.1, 0.15) is 75.9 Å². The second kappa shape index (κ2) is 24.3. The summed E-state index contributed by atoms with van der Waals surface area (Å²) in [6.07, 6.45) is 0.782. The van der Waals surface area contributed by atoms with Gasteiger partial charge in [0.15, 0.2) is 10.8 Å². The van der Waals surface area contributed by atoms with Crippen molar-refractivity contribution in [3.05, 3.63) is 166 Å². The van der Waals surface area contributed by atoms with Crippen molar-refractivity contribution in [3.63, 3.8) is 0 Å². The molecule has 4 aromatic carbocycles. The molecule has 398 valence electrons. The number of carbonyl (C=O) groups excluding carboxylic acids is 4. The zero-order valence-corrected chi connectivity index (χ0v) is 46.3.